The molecule has 0 saturated heterocycles. The highest BCUT2D eigenvalue weighted by molar-refractivity contribution is 6.30. The molecular weight excluding hydrogens is 293 g/mol. The van der Waals surface area contributed by atoms with Crippen molar-refractivity contribution in [2.45, 2.75) is 6.18 Å². The van der Waals surface area contributed by atoms with Gasteiger partial charge in [0.25, 0.3) is 0 Å². The van der Waals surface area contributed by atoms with Crippen LogP contribution in [0, 0.1) is 0 Å². The SMILES string of the molecule is CNc1nccc(Nc2ccc(Cl)cc2C(F)(F)F)n1. The highest BCUT2D eigenvalue weighted by Gasteiger charge is 2.33. The van der Waals surface area contributed by atoms with Crippen LogP contribution in [0.1, 0.15) is 5.56 Å². The zero-order chi connectivity index (χ0) is 14.8. The van der Waals surface area contributed by atoms with E-state index in [4.69, 9.17) is 11.6 Å². The van der Waals surface area contributed by atoms with Crippen molar-refractivity contribution in [3.05, 3.63) is 41.0 Å². The molecular formula is C12H10ClF3N4. The van der Waals surface area contributed by atoms with E-state index in [-0.39, 0.29) is 16.5 Å². The molecule has 20 heavy (non-hydrogen) atoms. The minimum absolute atomic E-state index is 0.0153. The summed E-state index contributed by atoms with van der Waals surface area (Å²) in [5.41, 5.74) is -0.975. The first-order valence-electron chi connectivity index (χ1n) is 5.54. The summed E-state index contributed by atoms with van der Waals surface area (Å²) >= 11 is 5.61. The summed E-state index contributed by atoms with van der Waals surface area (Å²) in [5.74, 6) is 0.551. The molecule has 2 N–H and O–H groups in total. The van der Waals surface area contributed by atoms with Crippen LogP contribution in [-0.2, 0) is 6.18 Å². The van der Waals surface area contributed by atoms with E-state index in [9.17, 15) is 13.2 Å². The Bertz CT molecular complexity index is 616. The molecule has 0 unspecified atom stereocenters. The standard InChI is InChI=1S/C12H10ClF3N4/c1-17-11-18-5-4-10(20-11)19-9-3-2-7(13)6-8(9)12(14,15)16/h2-6H,1H3,(H2,17,18,19,20). The number of halogens is 4. The molecule has 1 aromatic heterocycles. The monoisotopic (exact) mass is 302 g/mol. The Labute approximate surface area is 118 Å². The van der Waals surface area contributed by atoms with E-state index in [2.05, 4.69) is 20.6 Å². The fourth-order valence-electron chi connectivity index (χ4n) is 1.55. The normalized spacial score (nSPS) is 11.2. The fraction of sp³-hybridized carbons (Fsp3) is 0.167. The van der Waals surface area contributed by atoms with Gasteiger partial charge in [0.05, 0.1) is 11.3 Å². The number of nitrogens with one attached hydrogen (secondary N) is 2. The van der Waals surface area contributed by atoms with E-state index in [1.807, 2.05) is 0 Å². The van der Waals surface area contributed by atoms with Gasteiger partial charge < -0.3 is 10.6 Å². The van der Waals surface area contributed by atoms with Gasteiger partial charge in [-0.2, -0.15) is 18.2 Å². The Morgan fingerprint density at radius 3 is 2.60 bits per heavy atom. The van der Waals surface area contributed by atoms with Gasteiger partial charge in [-0.3, -0.25) is 0 Å². The topological polar surface area (TPSA) is 49.8 Å². The van der Waals surface area contributed by atoms with Crippen molar-refractivity contribution in [3.63, 3.8) is 0 Å². The van der Waals surface area contributed by atoms with Crippen LogP contribution in [0.3, 0.4) is 0 Å². The molecule has 0 aliphatic heterocycles. The van der Waals surface area contributed by atoms with E-state index < -0.39 is 11.7 Å². The van der Waals surface area contributed by atoms with Gasteiger partial charge >= 0.3 is 6.18 Å². The van der Waals surface area contributed by atoms with Crippen molar-refractivity contribution in [1.82, 2.24) is 9.97 Å². The van der Waals surface area contributed by atoms with Gasteiger partial charge in [-0.25, -0.2) is 4.98 Å². The summed E-state index contributed by atoms with van der Waals surface area (Å²) in [6, 6.07) is 4.96. The third kappa shape index (κ3) is 3.30. The number of aromatic nitrogens is 2. The average molecular weight is 303 g/mol. The molecule has 0 aliphatic rings. The van der Waals surface area contributed by atoms with Crippen LogP contribution in [-0.4, -0.2) is 17.0 Å². The molecule has 1 aromatic carbocycles. The van der Waals surface area contributed by atoms with Crippen molar-refractivity contribution >= 4 is 29.1 Å². The van der Waals surface area contributed by atoms with Crippen LogP contribution in [0.2, 0.25) is 5.02 Å². The highest BCUT2D eigenvalue weighted by atomic mass is 35.5. The van der Waals surface area contributed by atoms with Gasteiger partial charge in [0.1, 0.15) is 5.82 Å². The Morgan fingerprint density at radius 1 is 1.20 bits per heavy atom. The third-order valence-electron chi connectivity index (χ3n) is 2.43. The number of hydrogen-bond acceptors (Lipinski definition) is 4. The van der Waals surface area contributed by atoms with Crippen LogP contribution in [0.15, 0.2) is 30.5 Å². The minimum atomic E-state index is -4.51. The van der Waals surface area contributed by atoms with Crippen LogP contribution in [0.25, 0.3) is 0 Å². The molecule has 8 heteroatoms. The van der Waals surface area contributed by atoms with Crippen molar-refractivity contribution in [1.29, 1.82) is 0 Å². The van der Waals surface area contributed by atoms with Gasteiger partial charge in [-0.05, 0) is 24.3 Å². The molecule has 0 bridgehead atoms. The lowest BCUT2D eigenvalue weighted by Crippen LogP contribution is -2.09. The van der Waals surface area contributed by atoms with Gasteiger partial charge in [-0.1, -0.05) is 11.6 Å². The zero-order valence-electron chi connectivity index (χ0n) is 10.3. The van der Waals surface area contributed by atoms with Gasteiger partial charge in [0.15, 0.2) is 0 Å². The number of anilines is 3. The molecule has 1 heterocycles. The molecule has 106 valence electrons. The molecule has 0 saturated carbocycles. The number of nitrogens with zero attached hydrogens (tertiary/aromatic N) is 2. The highest BCUT2D eigenvalue weighted by Crippen LogP contribution is 2.37. The molecule has 0 radical (unpaired) electrons. The molecule has 2 aromatic rings. The Morgan fingerprint density at radius 2 is 1.95 bits per heavy atom. The zero-order valence-corrected chi connectivity index (χ0v) is 11.0. The van der Waals surface area contributed by atoms with Crippen molar-refractivity contribution < 1.29 is 13.2 Å². The van der Waals surface area contributed by atoms with Gasteiger partial charge in [-0.15, -0.1) is 0 Å². The van der Waals surface area contributed by atoms with Crippen LogP contribution < -0.4 is 10.6 Å². The van der Waals surface area contributed by atoms with E-state index in [1.54, 1.807) is 7.05 Å². The Hall–Kier alpha value is -2.02. The summed E-state index contributed by atoms with van der Waals surface area (Å²) in [6.45, 7) is 0. The largest absolute Gasteiger partial charge is 0.418 e. The second kappa shape index (κ2) is 5.54. The molecule has 0 fully saturated rings. The summed E-state index contributed by atoms with van der Waals surface area (Å²) < 4.78 is 38.8. The summed E-state index contributed by atoms with van der Waals surface area (Å²) in [4.78, 5) is 7.88. The third-order valence-corrected chi connectivity index (χ3v) is 2.66. The second-order valence-corrected chi connectivity index (χ2v) is 4.26. The molecule has 0 spiro atoms. The maximum absolute atomic E-state index is 12.9. The van der Waals surface area contributed by atoms with E-state index >= 15 is 0 Å². The molecule has 2 rings (SSSR count). The summed E-state index contributed by atoms with van der Waals surface area (Å²) in [5, 5.41) is 5.33. The predicted octanol–water partition coefficient (Wildman–Crippen LogP) is 3.93. The average Bonchev–Trinajstić information content (AvgIpc) is 2.40. The van der Waals surface area contributed by atoms with Crippen LogP contribution in [0.5, 0.6) is 0 Å². The molecule has 4 nitrogen and oxygen atoms in total. The number of alkyl halides is 3. The number of benzene rings is 1. The first kappa shape index (κ1) is 14.4. The maximum atomic E-state index is 12.9. The van der Waals surface area contributed by atoms with Crippen LogP contribution in [0.4, 0.5) is 30.6 Å². The Balaban J connectivity index is 2.38. The lowest BCUT2D eigenvalue weighted by Gasteiger charge is -2.14. The van der Waals surface area contributed by atoms with Crippen LogP contribution >= 0.6 is 11.6 Å². The molecule has 0 amide bonds. The number of rotatable bonds is 3. The van der Waals surface area contributed by atoms with Crippen molar-refractivity contribution in [2.75, 3.05) is 17.7 Å². The summed E-state index contributed by atoms with van der Waals surface area (Å²) in [7, 11) is 1.61. The summed E-state index contributed by atoms with van der Waals surface area (Å²) in [6.07, 6.45) is -3.07. The quantitative estimate of drug-likeness (QED) is 0.902. The van der Waals surface area contributed by atoms with E-state index in [1.165, 1.54) is 24.4 Å². The lowest BCUT2D eigenvalue weighted by atomic mass is 10.1. The second-order valence-electron chi connectivity index (χ2n) is 3.83. The van der Waals surface area contributed by atoms with Gasteiger partial charge in [0, 0.05) is 18.3 Å². The number of hydrogen-bond donors (Lipinski definition) is 2. The fourth-order valence-corrected chi connectivity index (χ4v) is 1.72. The first-order valence-corrected chi connectivity index (χ1v) is 5.92. The molecule has 0 atom stereocenters. The van der Waals surface area contributed by atoms with Crippen molar-refractivity contribution in [3.8, 4) is 0 Å². The van der Waals surface area contributed by atoms with Gasteiger partial charge in [0.2, 0.25) is 5.95 Å². The minimum Gasteiger partial charge on any atom is -0.357 e. The van der Waals surface area contributed by atoms with Crippen molar-refractivity contribution in [2.24, 2.45) is 0 Å². The maximum Gasteiger partial charge on any atom is 0.418 e. The predicted molar refractivity (Wildman–Crippen MR) is 71.3 cm³/mol. The smallest absolute Gasteiger partial charge is 0.357 e. The Kier molecular flexibility index (Phi) is 3.99. The van der Waals surface area contributed by atoms with E-state index in [0.29, 0.717) is 5.95 Å². The van der Waals surface area contributed by atoms with E-state index in [0.717, 1.165) is 6.07 Å². The first-order chi connectivity index (χ1) is 9.40. The lowest BCUT2D eigenvalue weighted by molar-refractivity contribution is -0.136. The molecule has 0 aliphatic carbocycles.